The number of hydrogen-bond acceptors (Lipinski definition) is 5. The molecule has 2 heterocycles. The lowest BCUT2D eigenvalue weighted by molar-refractivity contribution is 0.0954. The molecule has 0 aliphatic heterocycles. The predicted molar refractivity (Wildman–Crippen MR) is 80.7 cm³/mol. The minimum absolute atomic E-state index is 0.0416. The maximum absolute atomic E-state index is 12.0. The van der Waals surface area contributed by atoms with E-state index in [0.29, 0.717) is 30.7 Å². The Kier molecular flexibility index (Phi) is 4.05. The van der Waals surface area contributed by atoms with Crippen molar-refractivity contribution in [3.8, 4) is 0 Å². The third-order valence-electron chi connectivity index (χ3n) is 3.50. The highest BCUT2D eigenvalue weighted by atomic mass is 32.1. The molecule has 0 radical (unpaired) electrons. The van der Waals surface area contributed by atoms with E-state index in [1.54, 1.807) is 11.3 Å². The van der Waals surface area contributed by atoms with Gasteiger partial charge in [-0.3, -0.25) is 4.79 Å². The molecular weight excluding hydrogens is 286 g/mol. The van der Waals surface area contributed by atoms with Crippen molar-refractivity contribution >= 4 is 17.2 Å². The molecule has 5 nitrogen and oxygen atoms in total. The lowest BCUT2D eigenvalue weighted by atomic mass is 10.1. The van der Waals surface area contributed by atoms with Crippen molar-refractivity contribution in [1.82, 2.24) is 15.5 Å². The van der Waals surface area contributed by atoms with E-state index in [1.165, 1.54) is 4.88 Å². The minimum atomic E-state index is -0.0416. The summed E-state index contributed by atoms with van der Waals surface area (Å²) in [6, 6.07) is 1.96. The van der Waals surface area contributed by atoms with Crippen LogP contribution in [0.4, 0.5) is 0 Å². The van der Waals surface area contributed by atoms with E-state index in [0.717, 1.165) is 24.2 Å². The Balaban J connectivity index is 1.48. The van der Waals surface area contributed by atoms with Crippen LogP contribution in [-0.4, -0.2) is 22.6 Å². The van der Waals surface area contributed by atoms with Gasteiger partial charge in [0.2, 0.25) is 5.89 Å². The minimum Gasteiger partial charge on any atom is -0.351 e. The second kappa shape index (κ2) is 5.97. The quantitative estimate of drug-likeness (QED) is 0.890. The Bertz CT molecular complexity index is 628. The van der Waals surface area contributed by atoms with Crippen LogP contribution in [0.2, 0.25) is 0 Å². The maximum atomic E-state index is 12.0. The molecule has 1 aliphatic rings. The Morgan fingerprint density at radius 3 is 3.00 bits per heavy atom. The molecule has 2 aromatic heterocycles. The number of nitrogens with zero attached hydrogens (tertiary/aromatic N) is 2. The first-order valence-corrected chi connectivity index (χ1v) is 8.20. The monoisotopic (exact) mass is 305 g/mol. The molecule has 112 valence electrons. The SMILES string of the molecule is CC(C)c1cc(C(=O)NCCc2nc(C3CC3)no2)cs1. The summed E-state index contributed by atoms with van der Waals surface area (Å²) in [5.74, 6) is 2.33. The number of aromatic nitrogens is 2. The van der Waals surface area contributed by atoms with Gasteiger partial charge in [-0.25, -0.2) is 0 Å². The number of hydrogen-bond donors (Lipinski definition) is 1. The van der Waals surface area contributed by atoms with Crippen molar-refractivity contribution in [3.05, 3.63) is 33.6 Å². The molecule has 0 unspecified atom stereocenters. The van der Waals surface area contributed by atoms with Gasteiger partial charge in [0.15, 0.2) is 5.82 Å². The molecule has 21 heavy (non-hydrogen) atoms. The highest BCUT2D eigenvalue weighted by Gasteiger charge is 2.28. The van der Waals surface area contributed by atoms with E-state index < -0.39 is 0 Å². The lowest BCUT2D eigenvalue weighted by Crippen LogP contribution is -2.25. The average molecular weight is 305 g/mol. The van der Waals surface area contributed by atoms with Crippen molar-refractivity contribution in [2.75, 3.05) is 6.54 Å². The summed E-state index contributed by atoms with van der Waals surface area (Å²) < 4.78 is 5.18. The van der Waals surface area contributed by atoms with Gasteiger partial charge in [-0.1, -0.05) is 19.0 Å². The molecule has 1 saturated carbocycles. The van der Waals surface area contributed by atoms with Crippen molar-refractivity contribution in [1.29, 1.82) is 0 Å². The second-order valence-electron chi connectivity index (χ2n) is 5.72. The van der Waals surface area contributed by atoms with Crippen LogP contribution in [0, 0.1) is 0 Å². The number of carbonyl (C=O) groups excluding carboxylic acids is 1. The van der Waals surface area contributed by atoms with Gasteiger partial charge in [-0.2, -0.15) is 4.98 Å². The number of nitrogens with one attached hydrogen (secondary N) is 1. The van der Waals surface area contributed by atoms with Gasteiger partial charge in [-0.05, 0) is 24.8 Å². The first-order valence-electron chi connectivity index (χ1n) is 7.32. The standard InChI is InChI=1S/C15H19N3O2S/c1-9(2)12-7-11(8-21-12)15(19)16-6-5-13-17-14(18-20-13)10-3-4-10/h7-10H,3-6H2,1-2H3,(H,16,19). The third kappa shape index (κ3) is 3.50. The molecule has 1 N–H and O–H groups in total. The largest absolute Gasteiger partial charge is 0.351 e. The zero-order valence-corrected chi connectivity index (χ0v) is 13.1. The van der Waals surface area contributed by atoms with E-state index in [2.05, 4.69) is 29.3 Å². The van der Waals surface area contributed by atoms with Crippen molar-refractivity contribution in [3.63, 3.8) is 0 Å². The summed E-state index contributed by atoms with van der Waals surface area (Å²) in [6.07, 6.45) is 2.89. The van der Waals surface area contributed by atoms with Gasteiger partial charge >= 0.3 is 0 Å². The van der Waals surface area contributed by atoms with Gasteiger partial charge in [0, 0.05) is 29.1 Å². The van der Waals surface area contributed by atoms with Gasteiger partial charge < -0.3 is 9.84 Å². The molecule has 0 spiro atoms. The zero-order valence-electron chi connectivity index (χ0n) is 12.3. The molecule has 0 aromatic carbocycles. The van der Waals surface area contributed by atoms with E-state index in [4.69, 9.17) is 4.52 Å². The van der Waals surface area contributed by atoms with E-state index in [9.17, 15) is 4.79 Å². The van der Waals surface area contributed by atoms with Gasteiger partial charge in [-0.15, -0.1) is 11.3 Å². The van der Waals surface area contributed by atoms with Gasteiger partial charge in [0.25, 0.3) is 5.91 Å². The molecule has 1 fully saturated rings. The van der Waals surface area contributed by atoms with Crippen molar-refractivity contribution in [2.24, 2.45) is 0 Å². The summed E-state index contributed by atoms with van der Waals surface area (Å²) in [6.45, 7) is 4.76. The van der Waals surface area contributed by atoms with Crippen LogP contribution in [0.1, 0.15) is 65.5 Å². The van der Waals surface area contributed by atoms with E-state index in [1.807, 2.05) is 11.4 Å². The smallest absolute Gasteiger partial charge is 0.252 e. The molecule has 3 rings (SSSR count). The van der Waals surface area contributed by atoms with Crippen LogP contribution in [0.5, 0.6) is 0 Å². The molecule has 0 bridgehead atoms. The molecule has 1 aliphatic carbocycles. The van der Waals surface area contributed by atoms with Crippen LogP contribution < -0.4 is 5.32 Å². The Labute approximate surface area is 127 Å². The maximum Gasteiger partial charge on any atom is 0.252 e. The number of rotatable bonds is 6. The van der Waals surface area contributed by atoms with Crippen molar-refractivity contribution < 1.29 is 9.32 Å². The van der Waals surface area contributed by atoms with Crippen LogP contribution in [-0.2, 0) is 6.42 Å². The molecule has 0 atom stereocenters. The fourth-order valence-corrected chi connectivity index (χ4v) is 2.94. The topological polar surface area (TPSA) is 68.0 Å². The van der Waals surface area contributed by atoms with Crippen LogP contribution in [0.25, 0.3) is 0 Å². The molecule has 1 amide bonds. The highest BCUT2D eigenvalue weighted by molar-refractivity contribution is 7.10. The van der Waals surface area contributed by atoms with E-state index >= 15 is 0 Å². The fourth-order valence-electron chi connectivity index (χ4n) is 2.04. The van der Waals surface area contributed by atoms with Crippen LogP contribution in [0.15, 0.2) is 16.0 Å². The van der Waals surface area contributed by atoms with Crippen molar-refractivity contribution in [2.45, 2.75) is 44.9 Å². The average Bonchev–Trinajstić information content (AvgIpc) is 3.01. The van der Waals surface area contributed by atoms with E-state index in [-0.39, 0.29) is 5.91 Å². The molecule has 0 saturated heterocycles. The summed E-state index contributed by atoms with van der Waals surface area (Å²) in [5.41, 5.74) is 0.730. The number of amides is 1. The molecule has 6 heteroatoms. The molecule has 2 aromatic rings. The Morgan fingerprint density at radius 2 is 2.33 bits per heavy atom. The third-order valence-corrected chi connectivity index (χ3v) is 4.73. The first kappa shape index (κ1) is 14.3. The normalized spacial score (nSPS) is 14.6. The summed E-state index contributed by atoms with van der Waals surface area (Å²) in [7, 11) is 0. The first-order chi connectivity index (χ1) is 10.1. The number of thiophene rings is 1. The summed E-state index contributed by atoms with van der Waals surface area (Å²) in [5, 5.41) is 8.76. The molecular formula is C15H19N3O2S. The summed E-state index contributed by atoms with van der Waals surface area (Å²) >= 11 is 1.63. The summed E-state index contributed by atoms with van der Waals surface area (Å²) in [4.78, 5) is 17.6. The van der Waals surface area contributed by atoms with Crippen LogP contribution >= 0.6 is 11.3 Å². The van der Waals surface area contributed by atoms with Crippen LogP contribution in [0.3, 0.4) is 0 Å². The highest BCUT2D eigenvalue weighted by Crippen LogP contribution is 2.38. The predicted octanol–water partition coefficient (Wildman–Crippen LogP) is 3.10. The lowest BCUT2D eigenvalue weighted by Gasteiger charge is -2.01. The Hall–Kier alpha value is -1.69. The van der Waals surface area contributed by atoms with Gasteiger partial charge in [0.1, 0.15) is 0 Å². The Morgan fingerprint density at radius 1 is 1.52 bits per heavy atom. The van der Waals surface area contributed by atoms with Gasteiger partial charge in [0.05, 0.1) is 5.56 Å². The number of carbonyl (C=O) groups is 1. The fraction of sp³-hybridized carbons (Fsp3) is 0.533. The second-order valence-corrected chi connectivity index (χ2v) is 6.66. The zero-order chi connectivity index (χ0) is 14.8.